The number of carbonyl (C=O) groups is 2. The molecule has 5 heteroatoms. The first kappa shape index (κ1) is 12.2. The highest BCUT2D eigenvalue weighted by atomic mass is 16.5. The Morgan fingerprint density at radius 3 is 2.72 bits per heavy atom. The van der Waals surface area contributed by atoms with Crippen LogP contribution in [0.15, 0.2) is 30.3 Å². The van der Waals surface area contributed by atoms with Gasteiger partial charge in [0.1, 0.15) is 11.8 Å². The van der Waals surface area contributed by atoms with Crippen molar-refractivity contribution in [2.24, 2.45) is 0 Å². The molecule has 1 atom stereocenters. The van der Waals surface area contributed by atoms with Crippen molar-refractivity contribution in [2.45, 2.75) is 12.5 Å². The number of carbonyl (C=O) groups excluding carboxylic acids is 2. The van der Waals surface area contributed by atoms with Crippen LogP contribution in [0.5, 0.6) is 5.75 Å². The van der Waals surface area contributed by atoms with Crippen molar-refractivity contribution in [2.75, 3.05) is 6.61 Å². The van der Waals surface area contributed by atoms with E-state index in [2.05, 4.69) is 5.32 Å². The van der Waals surface area contributed by atoms with Crippen molar-refractivity contribution >= 4 is 18.0 Å². The van der Waals surface area contributed by atoms with Gasteiger partial charge >= 0.3 is 5.97 Å². The summed E-state index contributed by atoms with van der Waals surface area (Å²) in [5.41, 5.74) is 0.789. The fraction of sp³-hybridized carbons (Fsp3) is 0.231. The summed E-state index contributed by atoms with van der Waals surface area (Å²) < 4.78 is 4.74. The molecule has 0 radical (unpaired) electrons. The predicted molar refractivity (Wildman–Crippen MR) is 64.6 cm³/mol. The zero-order valence-corrected chi connectivity index (χ0v) is 9.63. The number of benzene rings is 1. The molecule has 1 aliphatic heterocycles. The lowest BCUT2D eigenvalue weighted by atomic mass is 10.2. The Morgan fingerprint density at radius 2 is 2.11 bits per heavy atom. The molecule has 94 valence electrons. The van der Waals surface area contributed by atoms with Crippen LogP contribution in [0.2, 0.25) is 0 Å². The van der Waals surface area contributed by atoms with Crippen LogP contribution < -0.4 is 5.32 Å². The molecule has 0 unspecified atom stereocenters. The van der Waals surface area contributed by atoms with Gasteiger partial charge in [-0.1, -0.05) is 12.1 Å². The SMILES string of the molecule is O=C(/C=C/c1ccc(O)cc1)N[C@@H]1CCOC1=O. The standard InChI is InChI=1S/C13H13NO4/c15-10-4-1-9(2-5-10)3-6-12(16)14-11-7-8-18-13(11)17/h1-6,11,15H,7-8H2,(H,14,16)/b6-3+/t11-/m1/s1. The summed E-state index contributed by atoms with van der Waals surface area (Å²) in [7, 11) is 0. The number of amides is 1. The van der Waals surface area contributed by atoms with E-state index >= 15 is 0 Å². The quantitative estimate of drug-likeness (QED) is 0.613. The normalized spacial score (nSPS) is 18.9. The zero-order valence-electron chi connectivity index (χ0n) is 9.63. The third kappa shape index (κ3) is 3.10. The summed E-state index contributed by atoms with van der Waals surface area (Å²) in [5.74, 6) is -0.557. The molecule has 5 nitrogen and oxygen atoms in total. The first-order valence-electron chi connectivity index (χ1n) is 5.59. The number of hydrogen-bond acceptors (Lipinski definition) is 4. The number of aromatic hydroxyl groups is 1. The molecule has 1 heterocycles. The van der Waals surface area contributed by atoms with E-state index in [0.29, 0.717) is 13.0 Å². The number of phenolic OH excluding ortho intramolecular Hbond substituents is 1. The molecule has 1 aromatic rings. The number of rotatable bonds is 3. The van der Waals surface area contributed by atoms with Crippen molar-refractivity contribution < 1.29 is 19.4 Å². The third-order valence-corrected chi connectivity index (χ3v) is 2.57. The predicted octanol–water partition coefficient (Wildman–Crippen LogP) is 0.837. The second-order valence-corrected chi connectivity index (χ2v) is 3.94. The minimum atomic E-state index is -0.540. The number of nitrogens with one attached hydrogen (secondary N) is 1. The molecule has 0 aliphatic carbocycles. The summed E-state index contributed by atoms with van der Waals surface area (Å²) in [6, 6.07) is 5.89. The maximum absolute atomic E-state index is 11.5. The number of phenols is 1. The Labute approximate surface area is 104 Å². The molecular formula is C13H13NO4. The summed E-state index contributed by atoms with van der Waals surface area (Å²) in [4.78, 5) is 22.7. The van der Waals surface area contributed by atoms with E-state index in [9.17, 15) is 9.59 Å². The maximum atomic E-state index is 11.5. The van der Waals surface area contributed by atoms with Gasteiger partial charge in [0.2, 0.25) is 5.91 Å². The van der Waals surface area contributed by atoms with Gasteiger partial charge in [-0.25, -0.2) is 4.79 Å². The number of cyclic esters (lactones) is 1. The van der Waals surface area contributed by atoms with Gasteiger partial charge in [0, 0.05) is 12.5 Å². The topological polar surface area (TPSA) is 75.6 Å². The van der Waals surface area contributed by atoms with E-state index in [4.69, 9.17) is 9.84 Å². The minimum Gasteiger partial charge on any atom is -0.508 e. The highest BCUT2D eigenvalue weighted by molar-refractivity contribution is 5.94. The average molecular weight is 247 g/mol. The van der Waals surface area contributed by atoms with Crippen LogP contribution in [0.3, 0.4) is 0 Å². The van der Waals surface area contributed by atoms with Crippen LogP contribution in [0.4, 0.5) is 0 Å². The Hall–Kier alpha value is -2.30. The van der Waals surface area contributed by atoms with Crippen molar-refractivity contribution in [3.05, 3.63) is 35.9 Å². The molecule has 2 rings (SSSR count). The molecule has 2 N–H and O–H groups in total. The lowest BCUT2D eigenvalue weighted by Crippen LogP contribution is -2.36. The van der Waals surface area contributed by atoms with E-state index in [1.165, 1.54) is 18.2 Å². The van der Waals surface area contributed by atoms with Gasteiger partial charge in [0.25, 0.3) is 0 Å². The van der Waals surface area contributed by atoms with E-state index in [-0.39, 0.29) is 17.6 Å². The van der Waals surface area contributed by atoms with Gasteiger partial charge in [0.05, 0.1) is 6.61 Å². The van der Waals surface area contributed by atoms with Crippen molar-refractivity contribution in [1.82, 2.24) is 5.32 Å². The van der Waals surface area contributed by atoms with E-state index < -0.39 is 6.04 Å². The fourth-order valence-corrected chi connectivity index (χ4v) is 1.60. The molecular weight excluding hydrogens is 234 g/mol. The van der Waals surface area contributed by atoms with E-state index in [1.807, 2.05) is 0 Å². The average Bonchev–Trinajstić information content (AvgIpc) is 2.74. The third-order valence-electron chi connectivity index (χ3n) is 2.57. The number of ether oxygens (including phenoxy) is 1. The number of esters is 1. The molecule has 1 saturated heterocycles. The Kier molecular flexibility index (Phi) is 3.62. The zero-order chi connectivity index (χ0) is 13.0. The summed E-state index contributed by atoms with van der Waals surface area (Å²) in [5, 5.41) is 11.7. The second-order valence-electron chi connectivity index (χ2n) is 3.94. The molecule has 0 aromatic heterocycles. The summed E-state index contributed by atoms with van der Waals surface area (Å²) >= 11 is 0. The Balaban J connectivity index is 1.90. The maximum Gasteiger partial charge on any atom is 0.328 e. The lowest BCUT2D eigenvalue weighted by molar-refractivity contribution is -0.140. The monoisotopic (exact) mass is 247 g/mol. The van der Waals surface area contributed by atoms with E-state index in [0.717, 1.165) is 5.56 Å². The number of hydrogen-bond donors (Lipinski definition) is 2. The molecule has 0 saturated carbocycles. The van der Waals surface area contributed by atoms with Crippen LogP contribution in [0.25, 0.3) is 6.08 Å². The van der Waals surface area contributed by atoms with Crippen molar-refractivity contribution in [3.8, 4) is 5.75 Å². The van der Waals surface area contributed by atoms with Gasteiger partial charge in [0.15, 0.2) is 0 Å². The molecule has 0 spiro atoms. The first-order chi connectivity index (χ1) is 8.65. The van der Waals surface area contributed by atoms with Crippen molar-refractivity contribution in [1.29, 1.82) is 0 Å². The summed E-state index contributed by atoms with van der Waals surface area (Å²) in [6.45, 7) is 0.353. The van der Waals surface area contributed by atoms with Crippen LogP contribution in [0.1, 0.15) is 12.0 Å². The molecule has 1 aliphatic rings. The van der Waals surface area contributed by atoms with Crippen LogP contribution in [0, 0.1) is 0 Å². The first-order valence-corrected chi connectivity index (χ1v) is 5.59. The van der Waals surface area contributed by atoms with Crippen LogP contribution >= 0.6 is 0 Å². The van der Waals surface area contributed by atoms with Gasteiger partial charge in [-0.15, -0.1) is 0 Å². The highest BCUT2D eigenvalue weighted by Crippen LogP contribution is 2.11. The Bertz CT molecular complexity index is 478. The lowest BCUT2D eigenvalue weighted by Gasteiger charge is -2.05. The van der Waals surface area contributed by atoms with Crippen LogP contribution in [-0.2, 0) is 14.3 Å². The molecule has 1 amide bonds. The largest absolute Gasteiger partial charge is 0.508 e. The van der Waals surface area contributed by atoms with Gasteiger partial charge < -0.3 is 15.2 Å². The van der Waals surface area contributed by atoms with Gasteiger partial charge in [-0.2, -0.15) is 0 Å². The smallest absolute Gasteiger partial charge is 0.328 e. The van der Waals surface area contributed by atoms with Crippen LogP contribution in [-0.4, -0.2) is 29.6 Å². The fourth-order valence-electron chi connectivity index (χ4n) is 1.60. The Morgan fingerprint density at radius 1 is 1.39 bits per heavy atom. The van der Waals surface area contributed by atoms with Crippen molar-refractivity contribution in [3.63, 3.8) is 0 Å². The van der Waals surface area contributed by atoms with Gasteiger partial charge in [-0.05, 0) is 23.8 Å². The van der Waals surface area contributed by atoms with E-state index in [1.54, 1.807) is 18.2 Å². The minimum absolute atomic E-state index is 0.172. The molecule has 18 heavy (non-hydrogen) atoms. The molecule has 0 bridgehead atoms. The second kappa shape index (κ2) is 5.35. The highest BCUT2D eigenvalue weighted by Gasteiger charge is 2.27. The van der Waals surface area contributed by atoms with Gasteiger partial charge in [-0.3, -0.25) is 4.79 Å². The molecule has 1 aromatic carbocycles. The molecule has 1 fully saturated rings. The summed E-state index contributed by atoms with van der Waals surface area (Å²) in [6.07, 6.45) is 3.46.